The molecule has 1 aliphatic rings. The summed E-state index contributed by atoms with van der Waals surface area (Å²) in [6.07, 6.45) is 4.21. The summed E-state index contributed by atoms with van der Waals surface area (Å²) in [5.74, 6) is -1.09. The minimum Gasteiger partial charge on any atom is -0.391 e. The molecule has 34 heavy (non-hydrogen) atoms. The van der Waals surface area contributed by atoms with Crippen molar-refractivity contribution < 1.29 is 22.8 Å². The topological polar surface area (TPSA) is 182 Å². The lowest BCUT2D eigenvalue weighted by Gasteiger charge is -2.32. The van der Waals surface area contributed by atoms with E-state index in [1.54, 1.807) is 24.5 Å². The fraction of sp³-hybridized carbons (Fsp3) is 0.333. The zero-order chi connectivity index (χ0) is 24.6. The van der Waals surface area contributed by atoms with Crippen LogP contribution in [-0.2, 0) is 24.4 Å². The van der Waals surface area contributed by atoms with E-state index in [2.05, 4.69) is 20.2 Å². The first-order chi connectivity index (χ1) is 16.3. The molecular formula is C21H27N7O5S. The minimum absolute atomic E-state index is 0.0498. The van der Waals surface area contributed by atoms with E-state index in [0.717, 1.165) is 11.1 Å². The van der Waals surface area contributed by atoms with Crippen molar-refractivity contribution >= 4 is 27.8 Å². The van der Waals surface area contributed by atoms with E-state index < -0.39 is 27.9 Å². The molecule has 1 fully saturated rings. The number of nitrogens with zero attached hydrogens (tertiary/aromatic N) is 3. The second-order valence-corrected chi connectivity index (χ2v) is 9.25. The van der Waals surface area contributed by atoms with Crippen molar-refractivity contribution in [3.05, 3.63) is 48.8 Å². The van der Waals surface area contributed by atoms with E-state index in [4.69, 9.17) is 16.3 Å². The van der Waals surface area contributed by atoms with E-state index in [1.807, 2.05) is 12.1 Å². The molecule has 13 heteroatoms. The van der Waals surface area contributed by atoms with Gasteiger partial charge in [-0.25, -0.2) is 8.42 Å². The van der Waals surface area contributed by atoms with E-state index in [0.29, 0.717) is 19.4 Å². The molecule has 1 saturated heterocycles. The van der Waals surface area contributed by atoms with Gasteiger partial charge in [-0.05, 0) is 53.4 Å². The first kappa shape index (κ1) is 24.9. The number of oxime groups is 1. The number of guanidine groups is 1. The highest BCUT2D eigenvalue weighted by atomic mass is 32.2. The molecule has 182 valence electrons. The fourth-order valence-corrected chi connectivity index (χ4v) is 4.64. The molecule has 1 aromatic carbocycles. The smallest absolute Gasteiger partial charge is 0.241 e. The van der Waals surface area contributed by atoms with Crippen LogP contribution >= 0.6 is 0 Å². The molecule has 0 saturated carbocycles. The van der Waals surface area contributed by atoms with Crippen LogP contribution in [0.5, 0.6) is 0 Å². The summed E-state index contributed by atoms with van der Waals surface area (Å²) in [6, 6.07) is 9.06. The number of carbonyl (C=O) groups excluding carboxylic acids is 2. The summed E-state index contributed by atoms with van der Waals surface area (Å²) >= 11 is 0. The van der Waals surface area contributed by atoms with Crippen LogP contribution in [0.3, 0.4) is 0 Å². The number of sulfonamides is 1. The van der Waals surface area contributed by atoms with Gasteiger partial charge in [0.2, 0.25) is 27.8 Å². The number of nitrogens with two attached hydrogens (primary N) is 2. The van der Waals surface area contributed by atoms with Crippen LogP contribution in [0.1, 0.15) is 12.8 Å². The summed E-state index contributed by atoms with van der Waals surface area (Å²) < 4.78 is 28.2. The van der Waals surface area contributed by atoms with Gasteiger partial charge in [0, 0.05) is 18.9 Å². The number of aromatic nitrogens is 1. The number of carbonyl (C=O) groups is 2. The number of pyridine rings is 1. The molecule has 2 amide bonds. The van der Waals surface area contributed by atoms with Crippen molar-refractivity contribution in [3.8, 4) is 11.1 Å². The lowest BCUT2D eigenvalue weighted by Crippen LogP contribution is -2.54. The highest BCUT2D eigenvalue weighted by molar-refractivity contribution is 7.89. The molecule has 1 aromatic heterocycles. The molecule has 3 rings (SSSR count). The lowest BCUT2D eigenvalue weighted by molar-refractivity contribution is -0.139. The lowest BCUT2D eigenvalue weighted by atomic mass is 10.1. The SMILES string of the molecule is NC(N)=NOCCNC(=O)CN1CCC[C@H](NS(=O)(=O)c2ccc(-c3ccncc3)cc2)C1=O. The summed E-state index contributed by atoms with van der Waals surface area (Å²) in [5.41, 5.74) is 12.0. The van der Waals surface area contributed by atoms with Gasteiger partial charge in [0.05, 0.1) is 18.0 Å². The second kappa shape index (κ2) is 11.4. The van der Waals surface area contributed by atoms with E-state index in [-0.39, 0.29) is 30.6 Å². The van der Waals surface area contributed by atoms with Crippen molar-refractivity contribution in [2.24, 2.45) is 16.6 Å². The van der Waals surface area contributed by atoms with Gasteiger partial charge in [0.25, 0.3) is 0 Å². The number of amides is 2. The Labute approximate surface area is 197 Å². The first-order valence-electron chi connectivity index (χ1n) is 10.6. The maximum Gasteiger partial charge on any atom is 0.241 e. The predicted molar refractivity (Wildman–Crippen MR) is 124 cm³/mol. The standard InChI is InChI=1S/C21H27N7O5S/c22-21(23)26-33-13-11-25-19(29)14-28-12-1-2-18(20(28)30)27-34(31,32)17-5-3-15(4-6-17)16-7-9-24-10-8-16/h3-10,18,27H,1-2,11-14H2,(H,25,29)(H4,22,23,26)/t18-/m0/s1. The minimum atomic E-state index is -3.93. The molecule has 0 unspecified atom stereocenters. The number of piperidine rings is 1. The Morgan fingerprint density at radius 2 is 1.82 bits per heavy atom. The normalized spacial score (nSPS) is 16.1. The van der Waals surface area contributed by atoms with Gasteiger partial charge in [0.1, 0.15) is 12.6 Å². The number of rotatable bonds is 10. The van der Waals surface area contributed by atoms with Crippen LogP contribution in [0.25, 0.3) is 11.1 Å². The Morgan fingerprint density at radius 1 is 1.15 bits per heavy atom. The van der Waals surface area contributed by atoms with Crippen LogP contribution in [0.2, 0.25) is 0 Å². The number of likely N-dealkylation sites (tertiary alicyclic amines) is 1. The maximum absolute atomic E-state index is 12.9. The Morgan fingerprint density at radius 3 is 2.50 bits per heavy atom. The molecule has 0 bridgehead atoms. The molecule has 0 spiro atoms. The molecular weight excluding hydrogens is 462 g/mol. The quantitative estimate of drug-likeness (QED) is 0.147. The van der Waals surface area contributed by atoms with Crippen molar-refractivity contribution in [2.45, 2.75) is 23.8 Å². The second-order valence-electron chi connectivity index (χ2n) is 7.54. The van der Waals surface area contributed by atoms with Crippen LogP contribution in [0.4, 0.5) is 0 Å². The fourth-order valence-electron chi connectivity index (χ4n) is 3.42. The summed E-state index contributed by atoms with van der Waals surface area (Å²) in [4.78, 5) is 35.0. The first-order valence-corrected chi connectivity index (χ1v) is 12.0. The summed E-state index contributed by atoms with van der Waals surface area (Å²) in [6.45, 7) is 0.360. The van der Waals surface area contributed by atoms with E-state index in [1.165, 1.54) is 17.0 Å². The monoisotopic (exact) mass is 489 g/mol. The zero-order valence-corrected chi connectivity index (χ0v) is 19.2. The molecule has 6 N–H and O–H groups in total. The van der Waals surface area contributed by atoms with Gasteiger partial charge in [-0.3, -0.25) is 14.6 Å². The average Bonchev–Trinajstić information content (AvgIpc) is 2.82. The van der Waals surface area contributed by atoms with Crippen molar-refractivity contribution in [3.63, 3.8) is 0 Å². The summed E-state index contributed by atoms with van der Waals surface area (Å²) in [5, 5.41) is 5.91. The molecule has 0 aliphatic carbocycles. The maximum atomic E-state index is 12.9. The highest BCUT2D eigenvalue weighted by Gasteiger charge is 2.33. The number of benzene rings is 1. The van der Waals surface area contributed by atoms with Crippen LogP contribution < -0.4 is 21.5 Å². The highest BCUT2D eigenvalue weighted by Crippen LogP contribution is 2.21. The Hall–Kier alpha value is -3.71. The third kappa shape index (κ3) is 6.89. The van der Waals surface area contributed by atoms with Gasteiger partial charge < -0.3 is 26.5 Å². The predicted octanol–water partition coefficient (Wildman–Crippen LogP) is -0.661. The van der Waals surface area contributed by atoms with Crippen LogP contribution in [0.15, 0.2) is 58.8 Å². The molecule has 1 aliphatic heterocycles. The molecule has 0 radical (unpaired) electrons. The van der Waals surface area contributed by atoms with Gasteiger partial charge in [-0.2, -0.15) is 4.72 Å². The molecule has 12 nitrogen and oxygen atoms in total. The third-order valence-electron chi connectivity index (χ3n) is 5.03. The van der Waals surface area contributed by atoms with Crippen molar-refractivity contribution in [1.82, 2.24) is 19.9 Å². The number of nitrogens with one attached hydrogen (secondary N) is 2. The van der Waals surface area contributed by atoms with Gasteiger partial charge in [-0.1, -0.05) is 12.1 Å². The average molecular weight is 490 g/mol. The third-order valence-corrected chi connectivity index (χ3v) is 6.51. The molecule has 2 heterocycles. The zero-order valence-electron chi connectivity index (χ0n) is 18.4. The summed E-state index contributed by atoms with van der Waals surface area (Å²) in [7, 11) is -3.93. The molecule has 1 atom stereocenters. The van der Waals surface area contributed by atoms with E-state index >= 15 is 0 Å². The van der Waals surface area contributed by atoms with E-state index in [9.17, 15) is 18.0 Å². The van der Waals surface area contributed by atoms with Crippen LogP contribution in [-0.4, -0.2) is 68.4 Å². The Balaban J connectivity index is 1.56. The van der Waals surface area contributed by atoms with Gasteiger partial charge >= 0.3 is 0 Å². The van der Waals surface area contributed by atoms with Gasteiger partial charge in [-0.15, -0.1) is 0 Å². The van der Waals surface area contributed by atoms with Crippen LogP contribution in [0, 0.1) is 0 Å². The molecule has 2 aromatic rings. The Bertz CT molecular complexity index is 1120. The van der Waals surface area contributed by atoms with Gasteiger partial charge in [0.15, 0.2) is 0 Å². The number of hydrogen-bond donors (Lipinski definition) is 4. The number of hydrogen-bond acceptors (Lipinski definition) is 7. The van der Waals surface area contributed by atoms with Crippen molar-refractivity contribution in [1.29, 1.82) is 0 Å². The van der Waals surface area contributed by atoms with Crippen molar-refractivity contribution in [2.75, 3.05) is 26.2 Å². The largest absolute Gasteiger partial charge is 0.391 e. The Kier molecular flexibility index (Phi) is 8.38.